The number of amides is 3. The number of ether oxygens (including phenoxy) is 1. The molecule has 0 aromatic heterocycles. The molecule has 0 spiro atoms. The zero-order valence-corrected chi connectivity index (χ0v) is 11.0. The van der Waals surface area contributed by atoms with Gasteiger partial charge >= 0.3 is 12.0 Å². The first-order chi connectivity index (χ1) is 8.91. The summed E-state index contributed by atoms with van der Waals surface area (Å²) in [6.45, 7) is 4.87. The van der Waals surface area contributed by atoms with E-state index < -0.39 is 24.1 Å². The molecule has 3 N–H and O–H groups in total. The number of carboxylic acid groups (broad SMARTS) is 1. The van der Waals surface area contributed by atoms with Gasteiger partial charge in [0.15, 0.2) is 0 Å². The monoisotopic (exact) mass is 273 g/mol. The molecular weight excluding hydrogens is 254 g/mol. The topological polar surface area (TPSA) is 108 Å². The highest BCUT2D eigenvalue weighted by Crippen LogP contribution is 2.00. The van der Waals surface area contributed by atoms with Crippen molar-refractivity contribution in [2.45, 2.75) is 25.9 Å². The summed E-state index contributed by atoms with van der Waals surface area (Å²) in [6.07, 6.45) is 0. The number of nitrogens with one attached hydrogen (secondary N) is 2. The number of hydrogen-bond acceptors (Lipinski definition) is 4. The Morgan fingerprint density at radius 1 is 1.11 bits per heavy atom. The van der Waals surface area contributed by atoms with E-state index in [9.17, 15) is 14.4 Å². The highest BCUT2D eigenvalue weighted by atomic mass is 16.5. The number of morpholine rings is 1. The summed E-state index contributed by atoms with van der Waals surface area (Å²) in [5.41, 5.74) is 0. The first kappa shape index (κ1) is 15.2. The van der Waals surface area contributed by atoms with Crippen LogP contribution in [-0.2, 0) is 14.3 Å². The summed E-state index contributed by atoms with van der Waals surface area (Å²) in [6, 6.07) is -2.39. The number of carbonyl (C=O) groups is 3. The minimum atomic E-state index is -1.14. The molecule has 1 aliphatic rings. The number of nitrogens with zero attached hydrogens (tertiary/aromatic N) is 1. The maximum Gasteiger partial charge on any atom is 0.325 e. The lowest BCUT2D eigenvalue weighted by Crippen LogP contribution is -2.54. The SMILES string of the molecule is CC(NC(=O)N[C@H](C)C(=O)O)C(=O)N1CCOCC1. The second-order valence-electron chi connectivity index (χ2n) is 4.34. The van der Waals surface area contributed by atoms with Crippen LogP contribution in [0.2, 0.25) is 0 Å². The van der Waals surface area contributed by atoms with E-state index in [1.807, 2.05) is 0 Å². The summed E-state index contributed by atoms with van der Waals surface area (Å²) in [7, 11) is 0. The lowest BCUT2D eigenvalue weighted by atomic mass is 10.2. The van der Waals surface area contributed by atoms with E-state index in [1.165, 1.54) is 6.92 Å². The first-order valence-corrected chi connectivity index (χ1v) is 6.08. The molecule has 1 rings (SSSR count). The third-order valence-electron chi connectivity index (χ3n) is 2.76. The van der Waals surface area contributed by atoms with Gasteiger partial charge in [0.2, 0.25) is 5.91 Å². The Morgan fingerprint density at radius 2 is 1.63 bits per heavy atom. The third kappa shape index (κ3) is 4.74. The Kier molecular flexibility index (Phi) is 5.56. The van der Waals surface area contributed by atoms with Crippen molar-refractivity contribution in [1.29, 1.82) is 0 Å². The van der Waals surface area contributed by atoms with E-state index in [1.54, 1.807) is 11.8 Å². The number of rotatable bonds is 4. The van der Waals surface area contributed by atoms with Gasteiger partial charge in [-0.05, 0) is 13.8 Å². The van der Waals surface area contributed by atoms with Crippen molar-refractivity contribution in [1.82, 2.24) is 15.5 Å². The number of aliphatic carboxylic acids is 1. The molecule has 3 amide bonds. The maximum absolute atomic E-state index is 12.0. The van der Waals surface area contributed by atoms with Crippen molar-refractivity contribution >= 4 is 17.9 Å². The van der Waals surface area contributed by atoms with Crippen LogP contribution in [0.15, 0.2) is 0 Å². The molecule has 1 heterocycles. The molecule has 1 saturated heterocycles. The van der Waals surface area contributed by atoms with Crippen molar-refractivity contribution in [3.63, 3.8) is 0 Å². The molecule has 108 valence electrons. The zero-order valence-electron chi connectivity index (χ0n) is 11.0. The molecule has 1 unspecified atom stereocenters. The van der Waals surface area contributed by atoms with E-state index in [0.717, 1.165) is 0 Å². The molecule has 0 bridgehead atoms. The molecule has 0 saturated carbocycles. The van der Waals surface area contributed by atoms with Gasteiger partial charge in [-0.15, -0.1) is 0 Å². The van der Waals surface area contributed by atoms with Gasteiger partial charge in [-0.25, -0.2) is 4.79 Å². The van der Waals surface area contributed by atoms with Crippen LogP contribution in [0.5, 0.6) is 0 Å². The highest BCUT2D eigenvalue weighted by Gasteiger charge is 2.24. The van der Waals surface area contributed by atoms with Crippen LogP contribution in [-0.4, -0.2) is 66.3 Å². The molecule has 1 fully saturated rings. The van der Waals surface area contributed by atoms with Crippen LogP contribution in [0.3, 0.4) is 0 Å². The lowest BCUT2D eigenvalue weighted by molar-refractivity contribution is -0.138. The van der Waals surface area contributed by atoms with Crippen molar-refractivity contribution in [2.24, 2.45) is 0 Å². The molecule has 8 heteroatoms. The average molecular weight is 273 g/mol. The van der Waals surface area contributed by atoms with Crippen molar-refractivity contribution in [2.75, 3.05) is 26.3 Å². The van der Waals surface area contributed by atoms with E-state index in [-0.39, 0.29) is 5.91 Å². The Hall–Kier alpha value is -1.83. The average Bonchev–Trinajstić information content (AvgIpc) is 2.38. The van der Waals surface area contributed by atoms with E-state index in [2.05, 4.69) is 10.6 Å². The van der Waals surface area contributed by atoms with Crippen LogP contribution >= 0.6 is 0 Å². The van der Waals surface area contributed by atoms with E-state index in [0.29, 0.717) is 26.3 Å². The maximum atomic E-state index is 12.0. The van der Waals surface area contributed by atoms with Gasteiger partial charge in [0.05, 0.1) is 13.2 Å². The predicted octanol–water partition coefficient (Wildman–Crippen LogP) is -0.994. The number of carbonyl (C=O) groups excluding carboxylic acids is 2. The summed E-state index contributed by atoms with van der Waals surface area (Å²) in [5.74, 6) is -1.34. The van der Waals surface area contributed by atoms with E-state index in [4.69, 9.17) is 9.84 Å². The van der Waals surface area contributed by atoms with Gasteiger partial charge in [-0.2, -0.15) is 0 Å². The van der Waals surface area contributed by atoms with Crippen LogP contribution in [0.4, 0.5) is 4.79 Å². The van der Waals surface area contributed by atoms with Gasteiger partial charge in [0.25, 0.3) is 0 Å². The normalized spacial score (nSPS) is 18.3. The largest absolute Gasteiger partial charge is 0.480 e. The van der Waals surface area contributed by atoms with Crippen LogP contribution in [0.1, 0.15) is 13.8 Å². The lowest BCUT2D eigenvalue weighted by Gasteiger charge is -2.29. The second-order valence-corrected chi connectivity index (χ2v) is 4.34. The molecule has 2 atom stereocenters. The fourth-order valence-electron chi connectivity index (χ4n) is 1.62. The molecular formula is C11H19N3O5. The van der Waals surface area contributed by atoms with E-state index >= 15 is 0 Å². The third-order valence-corrected chi connectivity index (χ3v) is 2.76. The molecule has 0 aromatic carbocycles. The summed E-state index contributed by atoms with van der Waals surface area (Å²) >= 11 is 0. The summed E-state index contributed by atoms with van der Waals surface area (Å²) in [4.78, 5) is 35.6. The summed E-state index contributed by atoms with van der Waals surface area (Å²) < 4.78 is 5.13. The van der Waals surface area contributed by atoms with Crippen molar-refractivity contribution in [3.8, 4) is 0 Å². The zero-order chi connectivity index (χ0) is 14.4. The molecule has 8 nitrogen and oxygen atoms in total. The van der Waals surface area contributed by atoms with Gasteiger partial charge in [-0.3, -0.25) is 9.59 Å². The predicted molar refractivity (Wildman–Crippen MR) is 65.6 cm³/mol. The fourth-order valence-corrected chi connectivity index (χ4v) is 1.62. The molecule has 0 radical (unpaired) electrons. The van der Waals surface area contributed by atoms with Crippen molar-refractivity contribution < 1.29 is 24.2 Å². The number of carboxylic acids is 1. The minimum Gasteiger partial charge on any atom is -0.480 e. The molecule has 0 aromatic rings. The van der Waals surface area contributed by atoms with Crippen LogP contribution in [0, 0.1) is 0 Å². The highest BCUT2D eigenvalue weighted by molar-refractivity contribution is 5.88. The number of urea groups is 1. The van der Waals surface area contributed by atoms with Gasteiger partial charge in [0.1, 0.15) is 12.1 Å². The number of hydrogen-bond donors (Lipinski definition) is 3. The van der Waals surface area contributed by atoms with Gasteiger partial charge in [-0.1, -0.05) is 0 Å². The molecule has 1 aliphatic heterocycles. The fraction of sp³-hybridized carbons (Fsp3) is 0.727. The Bertz CT molecular complexity index is 354. The Morgan fingerprint density at radius 3 is 2.16 bits per heavy atom. The minimum absolute atomic E-state index is 0.207. The standard InChI is InChI=1S/C11H19N3O5/c1-7(9(15)14-3-5-19-6-4-14)12-11(18)13-8(2)10(16)17/h7-8H,3-6H2,1-2H3,(H,16,17)(H2,12,13,18)/t7?,8-/m1/s1. The smallest absolute Gasteiger partial charge is 0.325 e. The van der Waals surface area contributed by atoms with Crippen molar-refractivity contribution in [3.05, 3.63) is 0 Å². The second kappa shape index (κ2) is 6.93. The quantitative estimate of drug-likeness (QED) is 0.609. The Balaban J connectivity index is 2.40. The first-order valence-electron chi connectivity index (χ1n) is 6.08. The van der Waals surface area contributed by atoms with Crippen LogP contribution in [0.25, 0.3) is 0 Å². The molecule has 0 aliphatic carbocycles. The van der Waals surface area contributed by atoms with Crippen LogP contribution < -0.4 is 10.6 Å². The Labute approximate surface area is 111 Å². The summed E-state index contributed by atoms with van der Waals surface area (Å²) in [5, 5.41) is 13.3. The molecule has 19 heavy (non-hydrogen) atoms. The van der Waals surface area contributed by atoms with Gasteiger partial charge < -0.3 is 25.4 Å². The van der Waals surface area contributed by atoms with Gasteiger partial charge in [0, 0.05) is 13.1 Å².